The summed E-state index contributed by atoms with van der Waals surface area (Å²) in [4.78, 5) is 20.6. The molecule has 0 N–H and O–H groups in total. The fourth-order valence-corrected chi connectivity index (χ4v) is 3.08. The minimum absolute atomic E-state index is 0.102. The van der Waals surface area contributed by atoms with Crippen molar-refractivity contribution in [1.29, 1.82) is 0 Å². The van der Waals surface area contributed by atoms with Gasteiger partial charge in [0, 0.05) is 43.3 Å². The maximum atomic E-state index is 11.4. The van der Waals surface area contributed by atoms with Crippen molar-refractivity contribution in [2.24, 2.45) is 0 Å². The van der Waals surface area contributed by atoms with Crippen LogP contribution < -0.4 is 4.90 Å². The van der Waals surface area contributed by atoms with Gasteiger partial charge in [-0.15, -0.1) is 0 Å². The first-order valence-electron chi connectivity index (χ1n) is 8.89. The van der Waals surface area contributed by atoms with Crippen LogP contribution >= 0.6 is 0 Å². The van der Waals surface area contributed by atoms with Gasteiger partial charge in [0.05, 0.1) is 6.04 Å². The summed E-state index contributed by atoms with van der Waals surface area (Å²) in [6.07, 6.45) is 0. The topological polar surface area (TPSA) is 62.5 Å². The molecule has 1 atom stereocenters. The van der Waals surface area contributed by atoms with Crippen molar-refractivity contribution in [3.05, 3.63) is 41.5 Å². The molecule has 134 valence electrons. The van der Waals surface area contributed by atoms with E-state index >= 15 is 0 Å². The lowest BCUT2D eigenvalue weighted by Crippen LogP contribution is -2.47. The average Bonchev–Trinajstić information content (AvgIpc) is 3.12. The van der Waals surface area contributed by atoms with Crippen molar-refractivity contribution in [3.8, 4) is 0 Å². The SMILES string of the molecule is CC(=O)c1ccc(N2CCN([C@H](C)c3nc(C(C)C)no3)CC2)cc1. The van der Waals surface area contributed by atoms with Gasteiger partial charge in [-0.05, 0) is 38.1 Å². The van der Waals surface area contributed by atoms with Crippen molar-refractivity contribution in [1.82, 2.24) is 15.0 Å². The van der Waals surface area contributed by atoms with E-state index in [-0.39, 0.29) is 17.7 Å². The first-order valence-corrected chi connectivity index (χ1v) is 8.89. The summed E-state index contributed by atoms with van der Waals surface area (Å²) in [5.74, 6) is 1.85. The molecular formula is C19H26N4O2. The molecule has 0 bridgehead atoms. The molecule has 2 heterocycles. The largest absolute Gasteiger partial charge is 0.369 e. The Balaban J connectivity index is 1.60. The molecule has 1 aliphatic rings. The van der Waals surface area contributed by atoms with Gasteiger partial charge in [0.25, 0.3) is 0 Å². The third-order valence-corrected chi connectivity index (χ3v) is 4.83. The second-order valence-electron chi connectivity index (χ2n) is 6.95. The van der Waals surface area contributed by atoms with Gasteiger partial charge in [-0.25, -0.2) is 0 Å². The Morgan fingerprint density at radius 2 is 1.72 bits per heavy atom. The molecule has 1 saturated heterocycles. The lowest BCUT2D eigenvalue weighted by Gasteiger charge is -2.38. The molecular weight excluding hydrogens is 316 g/mol. The second-order valence-corrected chi connectivity index (χ2v) is 6.95. The van der Waals surface area contributed by atoms with Gasteiger partial charge < -0.3 is 9.42 Å². The fourth-order valence-electron chi connectivity index (χ4n) is 3.08. The number of hydrogen-bond donors (Lipinski definition) is 0. The Morgan fingerprint density at radius 1 is 1.08 bits per heavy atom. The van der Waals surface area contributed by atoms with Crippen LogP contribution in [0.4, 0.5) is 5.69 Å². The zero-order valence-electron chi connectivity index (χ0n) is 15.4. The van der Waals surface area contributed by atoms with Gasteiger partial charge in [-0.1, -0.05) is 19.0 Å². The first kappa shape index (κ1) is 17.6. The van der Waals surface area contributed by atoms with Crippen molar-refractivity contribution in [2.45, 2.75) is 39.7 Å². The van der Waals surface area contributed by atoms with Gasteiger partial charge in [0.1, 0.15) is 0 Å². The average molecular weight is 342 g/mol. The molecule has 0 amide bonds. The highest BCUT2D eigenvalue weighted by molar-refractivity contribution is 5.94. The van der Waals surface area contributed by atoms with Crippen molar-refractivity contribution >= 4 is 11.5 Å². The summed E-state index contributed by atoms with van der Waals surface area (Å²) in [5.41, 5.74) is 1.92. The van der Waals surface area contributed by atoms with Gasteiger partial charge in [0.15, 0.2) is 11.6 Å². The number of Topliss-reactive ketones (excluding diaryl/α,β-unsaturated/α-hetero) is 1. The molecule has 1 aliphatic heterocycles. The van der Waals surface area contributed by atoms with E-state index in [9.17, 15) is 4.79 Å². The van der Waals surface area contributed by atoms with Crippen LogP contribution in [-0.4, -0.2) is 47.0 Å². The number of carbonyl (C=O) groups is 1. The van der Waals surface area contributed by atoms with E-state index in [1.807, 2.05) is 24.3 Å². The molecule has 0 spiro atoms. The molecule has 0 aliphatic carbocycles. The van der Waals surface area contributed by atoms with E-state index in [1.165, 1.54) is 0 Å². The van der Waals surface area contributed by atoms with Crippen LogP contribution in [0.25, 0.3) is 0 Å². The molecule has 25 heavy (non-hydrogen) atoms. The summed E-state index contributed by atoms with van der Waals surface area (Å²) in [5, 5.41) is 4.07. The molecule has 0 unspecified atom stereocenters. The molecule has 1 aromatic heterocycles. The standard InChI is InChI=1S/C19H26N4O2/c1-13(2)18-20-19(25-21-18)14(3)22-9-11-23(12-10-22)17-7-5-16(6-8-17)15(4)24/h5-8,13-14H,9-12H2,1-4H3/t14-/m1/s1. The number of carbonyl (C=O) groups excluding carboxylic acids is 1. The van der Waals surface area contributed by atoms with Gasteiger partial charge in [-0.2, -0.15) is 4.98 Å². The fraction of sp³-hybridized carbons (Fsp3) is 0.526. The van der Waals surface area contributed by atoms with Crippen LogP contribution in [0.5, 0.6) is 0 Å². The maximum Gasteiger partial charge on any atom is 0.243 e. The Kier molecular flexibility index (Phi) is 5.18. The normalized spacial score (nSPS) is 17.1. The van der Waals surface area contributed by atoms with Crippen molar-refractivity contribution in [2.75, 3.05) is 31.1 Å². The molecule has 6 heteroatoms. The van der Waals surface area contributed by atoms with Gasteiger partial charge in [-0.3, -0.25) is 9.69 Å². The van der Waals surface area contributed by atoms with Gasteiger partial charge in [0.2, 0.25) is 5.89 Å². The number of aromatic nitrogens is 2. The van der Waals surface area contributed by atoms with E-state index in [0.29, 0.717) is 5.89 Å². The minimum atomic E-state index is 0.102. The van der Waals surface area contributed by atoms with E-state index in [4.69, 9.17) is 4.52 Å². The van der Waals surface area contributed by atoms with E-state index in [2.05, 4.69) is 40.7 Å². The van der Waals surface area contributed by atoms with E-state index in [0.717, 1.165) is 43.3 Å². The number of nitrogens with zero attached hydrogens (tertiary/aromatic N) is 4. The van der Waals surface area contributed by atoms with Crippen LogP contribution in [0, 0.1) is 0 Å². The van der Waals surface area contributed by atoms with E-state index < -0.39 is 0 Å². The summed E-state index contributed by atoms with van der Waals surface area (Å²) < 4.78 is 5.44. The summed E-state index contributed by atoms with van der Waals surface area (Å²) in [6, 6.07) is 7.99. The van der Waals surface area contributed by atoms with Gasteiger partial charge >= 0.3 is 0 Å². The Labute approximate surface area is 148 Å². The maximum absolute atomic E-state index is 11.4. The minimum Gasteiger partial charge on any atom is -0.369 e. The predicted molar refractivity (Wildman–Crippen MR) is 97.0 cm³/mol. The lowest BCUT2D eigenvalue weighted by molar-refractivity contribution is 0.101. The molecule has 1 aromatic carbocycles. The number of hydrogen-bond acceptors (Lipinski definition) is 6. The zero-order chi connectivity index (χ0) is 18.0. The Hall–Kier alpha value is -2.21. The summed E-state index contributed by atoms with van der Waals surface area (Å²) >= 11 is 0. The number of ketones is 1. The number of anilines is 1. The highest BCUT2D eigenvalue weighted by Gasteiger charge is 2.26. The second kappa shape index (κ2) is 7.35. The number of rotatable bonds is 5. The first-order chi connectivity index (χ1) is 12.0. The highest BCUT2D eigenvalue weighted by atomic mass is 16.5. The number of piperazine rings is 1. The smallest absolute Gasteiger partial charge is 0.243 e. The molecule has 1 fully saturated rings. The molecule has 0 saturated carbocycles. The third kappa shape index (κ3) is 3.90. The monoisotopic (exact) mass is 342 g/mol. The molecule has 0 radical (unpaired) electrons. The van der Waals surface area contributed by atoms with Crippen molar-refractivity contribution in [3.63, 3.8) is 0 Å². The molecule has 3 rings (SSSR count). The van der Waals surface area contributed by atoms with Crippen LogP contribution in [-0.2, 0) is 0 Å². The van der Waals surface area contributed by atoms with Crippen molar-refractivity contribution < 1.29 is 9.32 Å². The predicted octanol–water partition coefficient (Wildman–Crippen LogP) is 3.28. The van der Waals surface area contributed by atoms with Crippen LogP contribution in [0.3, 0.4) is 0 Å². The molecule has 2 aromatic rings. The quantitative estimate of drug-likeness (QED) is 0.777. The van der Waals surface area contributed by atoms with Crippen LogP contribution in [0.15, 0.2) is 28.8 Å². The summed E-state index contributed by atoms with van der Waals surface area (Å²) in [7, 11) is 0. The van der Waals surface area contributed by atoms with Crippen LogP contribution in [0.1, 0.15) is 61.7 Å². The van der Waals surface area contributed by atoms with Crippen LogP contribution in [0.2, 0.25) is 0 Å². The zero-order valence-corrected chi connectivity index (χ0v) is 15.4. The third-order valence-electron chi connectivity index (χ3n) is 4.83. The Morgan fingerprint density at radius 3 is 2.24 bits per heavy atom. The highest BCUT2D eigenvalue weighted by Crippen LogP contribution is 2.24. The van der Waals surface area contributed by atoms with E-state index in [1.54, 1.807) is 6.92 Å². The number of benzene rings is 1. The lowest BCUT2D eigenvalue weighted by atomic mass is 10.1. The summed E-state index contributed by atoms with van der Waals surface area (Å²) in [6.45, 7) is 11.6. The molecule has 6 nitrogen and oxygen atoms in total. The Bertz CT molecular complexity index is 715.